The van der Waals surface area contributed by atoms with Gasteiger partial charge < -0.3 is 9.40 Å². The number of H-pyrrole nitrogens is 1. The highest BCUT2D eigenvalue weighted by Gasteiger charge is 2.12. The Hall–Kier alpha value is -1.46. The lowest BCUT2D eigenvalue weighted by atomic mass is 10.3. The van der Waals surface area contributed by atoms with Crippen LogP contribution in [0.3, 0.4) is 0 Å². The van der Waals surface area contributed by atoms with Gasteiger partial charge in [-0.3, -0.25) is 0 Å². The Morgan fingerprint density at radius 1 is 1.29 bits per heavy atom. The molecule has 6 heteroatoms. The van der Waals surface area contributed by atoms with E-state index in [9.17, 15) is 4.79 Å². The van der Waals surface area contributed by atoms with E-state index in [2.05, 4.69) is 20.9 Å². The summed E-state index contributed by atoms with van der Waals surface area (Å²) in [6, 6.07) is 8.78. The van der Waals surface area contributed by atoms with E-state index in [0.717, 1.165) is 15.5 Å². The van der Waals surface area contributed by atoms with Gasteiger partial charge in [0.25, 0.3) is 0 Å². The molecule has 3 rings (SSSR count). The van der Waals surface area contributed by atoms with Crippen LogP contribution in [0.1, 0.15) is 0 Å². The molecule has 3 aromatic rings. The van der Waals surface area contributed by atoms with E-state index in [0.29, 0.717) is 5.88 Å². The van der Waals surface area contributed by atoms with E-state index < -0.39 is 0 Å². The van der Waals surface area contributed by atoms with Crippen LogP contribution in [0.25, 0.3) is 16.9 Å². The fourth-order valence-electron chi connectivity index (χ4n) is 1.74. The van der Waals surface area contributed by atoms with Crippen molar-refractivity contribution in [1.29, 1.82) is 0 Å². The predicted molar refractivity (Wildman–Crippen MR) is 68.9 cm³/mol. The second-order valence-corrected chi connectivity index (χ2v) is 4.70. The average molecular weight is 314 g/mol. The number of furan rings is 1. The SMILES string of the molecule is O=c1[nH]c2c(Br)cccc2n1-c1ccc(Cl)o1. The molecule has 4 nitrogen and oxygen atoms in total. The molecule has 0 aliphatic carbocycles. The summed E-state index contributed by atoms with van der Waals surface area (Å²) >= 11 is 9.09. The summed E-state index contributed by atoms with van der Waals surface area (Å²) in [4.78, 5) is 14.6. The summed E-state index contributed by atoms with van der Waals surface area (Å²) in [6.07, 6.45) is 0. The molecule has 0 atom stereocenters. The smallest absolute Gasteiger partial charge is 0.333 e. The van der Waals surface area contributed by atoms with Crippen LogP contribution in [0.15, 0.2) is 44.0 Å². The monoisotopic (exact) mass is 312 g/mol. The number of hydrogen-bond donors (Lipinski definition) is 1. The van der Waals surface area contributed by atoms with Gasteiger partial charge in [0, 0.05) is 10.5 Å². The minimum atomic E-state index is -0.266. The van der Waals surface area contributed by atoms with Gasteiger partial charge in [-0.1, -0.05) is 6.07 Å². The normalized spacial score (nSPS) is 11.2. The van der Waals surface area contributed by atoms with Crippen molar-refractivity contribution < 1.29 is 4.42 Å². The number of rotatable bonds is 1. The molecule has 0 aliphatic heterocycles. The third kappa shape index (κ3) is 1.62. The van der Waals surface area contributed by atoms with Gasteiger partial charge in [-0.2, -0.15) is 0 Å². The maximum atomic E-state index is 11.9. The Balaban J connectivity index is 2.40. The average Bonchev–Trinajstić information content (AvgIpc) is 2.82. The zero-order chi connectivity index (χ0) is 12.0. The number of fused-ring (bicyclic) bond motifs is 1. The van der Waals surface area contributed by atoms with Crippen LogP contribution in [0.2, 0.25) is 5.22 Å². The molecule has 0 spiro atoms. The number of hydrogen-bond acceptors (Lipinski definition) is 2. The standard InChI is InChI=1S/C11H6BrClN2O2/c12-6-2-1-3-7-10(6)14-11(16)15(7)9-5-4-8(13)17-9/h1-5H,(H,14,16). The van der Waals surface area contributed by atoms with Crippen molar-refractivity contribution in [2.75, 3.05) is 0 Å². The number of aromatic nitrogens is 2. The van der Waals surface area contributed by atoms with E-state index in [-0.39, 0.29) is 10.9 Å². The molecule has 2 heterocycles. The fourth-order valence-corrected chi connectivity index (χ4v) is 2.34. The van der Waals surface area contributed by atoms with Gasteiger partial charge in [-0.05, 0) is 45.7 Å². The van der Waals surface area contributed by atoms with Gasteiger partial charge in [0.15, 0.2) is 5.22 Å². The Labute approximate surface area is 109 Å². The van der Waals surface area contributed by atoms with Gasteiger partial charge in [0.1, 0.15) is 0 Å². The summed E-state index contributed by atoms with van der Waals surface area (Å²) in [5.41, 5.74) is 1.19. The first-order valence-electron chi connectivity index (χ1n) is 4.82. The molecule has 0 fully saturated rings. The van der Waals surface area contributed by atoms with Gasteiger partial charge >= 0.3 is 5.69 Å². The first-order chi connectivity index (χ1) is 8.16. The molecule has 0 radical (unpaired) electrons. The molecular formula is C11H6BrClN2O2. The van der Waals surface area contributed by atoms with Gasteiger partial charge in [-0.15, -0.1) is 0 Å². The molecule has 0 saturated heterocycles. The van der Waals surface area contributed by atoms with Crippen molar-refractivity contribution in [1.82, 2.24) is 9.55 Å². The van der Waals surface area contributed by atoms with Crippen LogP contribution in [0.4, 0.5) is 0 Å². The lowest BCUT2D eigenvalue weighted by molar-refractivity contribution is 0.540. The summed E-state index contributed by atoms with van der Waals surface area (Å²) in [7, 11) is 0. The van der Waals surface area contributed by atoms with Crippen LogP contribution in [-0.4, -0.2) is 9.55 Å². The molecule has 1 aromatic carbocycles. The highest BCUT2D eigenvalue weighted by Crippen LogP contribution is 2.24. The minimum absolute atomic E-state index is 0.247. The second kappa shape index (κ2) is 3.78. The number of benzene rings is 1. The van der Waals surface area contributed by atoms with E-state index in [4.69, 9.17) is 16.0 Å². The van der Waals surface area contributed by atoms with Crippen molar-refractivity contribution in [3.63, 3.8) is 0 Å². The summed E-state index contributed by atoms with van der Waals surface area (Å²) < 4.78 is 7.51. The summed E-state index contributed by atoms with van der Waals surface area (Å²) in [6.45, 7) is 0. The number of halogens is 2. The second-order valence-electron chi connectivity index (χ2n) is 3.48. The van der Waals surface area contributed by atoms with Crippen molar-refractivity contribution in [2.24, 2.45) is 0 Å². The lowest BCUT2D eigenvalue weighted by Crippen LogP contribution is -2.13. The zero-order valence-electron chi connectivity index (χ0n) is 8.41. The van der Waals surface area contributed by atoms with Crippen molar-refractivity contribution in [3.05, 3.63) is 50.5 Å². The van der Waals surface area contributed by atoms with Crippen LogP contribution in [0.5, 0.6) is 0 Å². The maximum Gasteiger partial charge on any atom is 0.333 e. The quantitative estimate of drug-likeness (QED) is 0.749. The minimum Gasteiger partial charge on any atom is -0.428 e. The molecule has 2 aromatic heterocycles. The number of imidazole rings is 1. The number of aromatic amines is 1. The molecule has 0 bridgehead atoms. The number of para-hydroxylation sites is 1. The molecular weight excluding hydrogens is 307 g/mol. The van der Waals surface area contributed by atoms with Crippen LogP contribution in [-0.2, 0) is 0 Å². The Bertz CT molecular complexity index is 756. The zero-order valence-corrected chi connectivity index (χ0v) is 10.7. The molecule has 17 heavy (non-hydrogen) atoms. The van der Waals surface area contributed by atoms with Crippen LogP contribution in [0, 0.1) is 0 Å². The van der Waals surface area contributed by atoms with Gasteiger partial charge in [0.05, 0.1) is 11.0 Å². The molecule has 0 saturated carbocycles. The predicted octanol–water partition coefficient (Wildman–Crippen LogP) is 3.33. The Morgan fingerprint density at radius 3 is 2.82 bits per heavy atom. The van der Waals surface area contributed by atoms with E-state index in [1.54, 1.807) is 12.1 Å². The Kier molecular flexibility index (Phi) is 2.38. The Morgan fingerprint density at radius 2 is 2.12 bits per heavy atom. The molecule has 86 valence electrons. The van der Waals surface area contributed by atoms with Crippen molar-refractivity contribution >= 4 is 38.6 Å². The first-order valence-corrected chi connectivity index (χ1v) is 5.99. The summed E-state index contributed by atoms with van der Waals surface area (Å²) in [5, 5.41) is 0.247. The molecule has 0 amide bonds. The van der Waals surface area contributed by atoms with Crippen molar-refractivity contribution in [2.45, 2.75) is 0 Å². The fraction of sp³-hybridized carbons (Fsp3) is 0. The summed E-state index contributed by atoms with van der Waals surface area (Å²) in [5.74, 6) is 0.393. The van der Waals surface area contributed by atoms with Gasteiger partial charge in [-0.25, -0.2) is 9.36 Å². The highest BCUT2D eigenvalue weighted by molar-refractivity contribution is 9.10. The van der Waals surface area contributed by atoms with Crippen molar-refractivity contribution in [3.8, 4) is 5.88 Å². The molecule has 0 unspecified atom stereocenters. The van der Waals surface area contributed by atoms with E-state index in [1.165, 1.54) is 4.57 Å². The largest absolute Gasteiger partial charge is 0.428 e. The van der Waals surface area contributed by atoms with Gasteiger partial charge in [0.2, 0.25) is 5.88 Å². The van der Waals surface area contributed by atoms with Crippen LogP contribution < -0.4 is 5.69 Å². The number of nitrogens with zero attached hydrogens (tertiary/aromatic N) is 1. The molecule has 1 N–H and O–H groups in total. The third-order valence-corrected chi connectivity index (χ3v) is 3.31. The maximum absolute atomic E-state index is 11.9. The topological polar surface area (TPSA) is 50.9 Å². The highest BCUT2D eigenvalue weighted by atomic mass is 79.9. The molecule has 0 aliphatic rings. The first kappa shape index (κ1) is 10.7. The number of nitrogens with one attached hydrogen (secondary N) is 1. The lowest BCUT2D eigenvalue weighted by Gasteiger charge is -1.98. The van der Waals surface area contributed by atoms with Crippen LogP contribution >= 0.6 is 27.5 Å². The van der Waals surface area contributed by atoms with E-state index in [1.807, 2.05) is 18.2 Å². The van der Waals surface area contributed by atoms with E-state index >= 15 is 0 Å². The third-order valence-electron chi connectivity index (χ3n) is 2.45.